The van der Waals surface area contributed by atoms with Crippen LogP contribution in [0.3, 0.4) is 0 Å². The van der Waals surface area contributed by atoms with Crippen LogP contribution in [0.25, 0.3) is 0 Å². The van der Waals surface area contributed by atoms with Crippen LogP contribution in [0.2, 0.25) is 0 Å². The molecule has 3 rings (SSSR count). The second-order valence-electron chi connectivity index (χ2n) is 7.24. The lowest BCUT2D eigenvalue weighted by molar-refractivity contribution is -0.0266. The lowest BCUT2D eigenvalue weighted by Crippen LogP contribution is -2.42. The predicted octanol–water partition coefficient (Wildman–Crippen LogP) is 3.87. The van der Waals surface area contributed by atoms with Gasteiger partial charge in [-0.3, -0.25) is 4.99 Å². The maximum Gasteiger partial charge on any atom is 0.193 e. The number of aliphatic imine (C=N–C) groups is 1. The number of hydrogen-bond donors (Lipinski definition) is 1. The molecule has 2 unspecified atom stereocenters. The molecule has 2 aromatic carbocycles. The molecular weight excluding hydrogens is 350 g/mol. The van der Waals surface area contributed by atoms with Crippen LogP contribution in [0.4, 0.5) is 0 Å². The van der Waals surface area contributed by atoms with Gasteiger partial charge in [0.1, 0.15) is 5.75 Å². The molecule has 1 heterocycles. The van der Waals surface area contributed by atoms with Gasteiger partial charge in [-0.15, -0.1) is 0 Å². The predicted molar refractivity (Wildman–Crippen MR) is 114 cm³/mol. The third kappa shape index (κ3) is 5.26. The Bertz CT molecular complexity index is 746. The minimum absolute atomic E-state index is 0.146. The van der Waals surface area contributed by atoms with Crippen LogP contribution in [0, 0.1) is 5.92 Å². The second kappa shape index (κ2) is 10.1. The molecule has 0 aliphatic carbocycles. The second-order valence-corrected chi connectivity index (χ2v) is 7.24. The Balaban J connectivity index is 1.58. The summed E-state index contributed by atoms with van der Waals surface area (Å²) in [4.78, 5) is 6.61. The number of benzene rings is 2. The van der Waals surface area contributed by atoms with Gasteiger partial charge in [-0.1, -0.05) is 42.5 Å². The zero-order valence-electron chi connectivity index (χ0n) is 17.1. The highest BCUT2D eigenvalue weighted by Gasteiger charge is 2.27. The summed E-state index contributed by atoms with van der Waals surface area (Å²) in [6.07, 6.45) is 2.41. The van der Waals surface area contributed by atoms with Gasteiger partial charge in [0.2, 0.25) is 0 Å². The molecule has 1 saturated heterocycles. The van der Waals surface area contributed by atoms with E-state index in [1.54, 1.807) is 7.11 Å². The number of nitrogens with zero attached hydrogens (tertiary/aromatic N) is 2. The Morgan fingerprint density at radius 1 is 1.18 bits per heavy atom. The molecule has 0 bridgehead atoms. The third-order valence-electron chi connectivity index (χ3n) is 5.25. The molecule has 0 spiro atoms. The quantitative estimate of drug-likeness (QED) is 0.609. The fourth-order valence-corrected chi connectivity index (χ4v) is 3.75. The molecule has 5 heteroatoms. The molecule has 0 radical (unpaired) electrons. The van der Waals surface area contributed by atoms with E-state index < -0.39 is 0 Å². The van der Waals surface area contributed by atoms with Crippen LogP contribution in [0.5, 0.6) is 5.75 Å². The number of hydrogen-bond acceptors (Lipinski definition) is 3. The van der Waals surface area contributed by atoms with Gasteiger partial charge in [-0.25, -0.2) is 0 Å². The average Bonchev–Trinajstić information content (AvgIpc) is 2.75. The molecule has 1 N–H and O–H groups in total. The van der Waals surface area contributed by atoms with Crippen molar-refractivity contribution in [1.29, 1.82) is 0 Å². The van der Waals surface area contributed by atoms with E-state index in [-0.39, 0.29) is 6.10 Å². The molecule has 150 valence electrons. The van der Waals surface area contributed by atoms with Crippen LogP contribution < -0.4 is 10.1 Å². The van der Waals surface area contributed by atoms with Gasteiger partial charge in [0.05, 0.1) is 13.2 Å². The Kier molecular flexibility index (Phi) is 7.31. The highest BCUT2D eigenvalue weighted by Crippen LogP contribution is 2.33. The molecule has 1 fully saturated rings. The molecule has 0 amide bonds. The number of ether oxygens (including phenoxy) is 2. The smallest absolute Gasteiger partial charge is 0.193 e. The normalized spacial score (nSPS) is 19.9. The number of methoxy groups -OCH3 is 1. The summed E-state index contributed by atoms with van der Waals surface area (Å²) in [5, 5.41) is 3.55. The van der Waals surface area contributed by atoms with E-state index in [2.05, 4.69) is 64.7 Å². The van der Waals surface area contributed by atoms with Crippen molar-refractivity contribution in [2.24, 2.45) is 10.9 Å². The monoisotopic (exact) mass is 381 g/mol. The van der Waals surface area contributed by atoms with Crippen molar-refractivity contribution < 1.29 is 9.47 Å². The summed E-state index contributed by atoms with van der Waals surface area (Å²) in [5.41, 5.74) is 2.48. The van der Waals surface area contributed by atoms with Crippen LogP contribution in [-0.2, 0) is 11.3 Å². The zero-order valence-corrected chi connectivity index (χ0v) is 17.1. The minimum Gasteiger partial charge on any atom is -0.497 e. The maximum absolute atomic E-state index is 6.12. The minimum atomic E-state index is 0.146. The highest BCUT2D eigenvalue weighted by molar-refractivity contribution is 5.79. The van der Waals surface area contributed by atoms with Crippen molar-refractivity contribution in [2.45, 2.75) is 25.5 Å². The molecule has 5 nitrogen and oxygen atoms in total. The summed E-state index contributed by atoms with van der Waals surface area (Å²) in [6, 6.07) is 18.7. The fraction of sp³-hybridized carbons (Fsp3) is 0.435. The Morgan fingerprint density at radius 2 is 1.93 bits per heavy atom. The summed E-state index contributed by atoms with van der Waals surface area (Å²) in [7, 11) is 5.58. The Hall–Kier alpha value is -2.53. The van der Waals surface area contributed by atoms with Crippen LogP contribution in [0.15, 0.2) is 59.6 Å². The van der Waals surface area contributed by atoms with Gasteiger partial charge in [0.15, 0.2) is 5.96 Å². The average molecular weight is 382 g/mol. The van der Waals surface area contributed by atoms with Gasteiger partial charge in [-0.05, 0) is 36.1 Å². The van der Waals surface area contributed by atoms with E-state index >= 15 is 0 Å². The first kappa shape index (κ1) is 20.2. The van der Waals surface area contributed by atoms with Gasteiger partial charge in [0.25, 0.3) is 0 Å². The molecular formula is C23H31N3O2. The van der Waals surface area contributed by atoms with E-state index in [0.29, 0.717) is 5.92 Å². The lowest BCUT2D eigenvalue weighted by Gasteiger charge is -2.33. The zero-order chi connectivity index (χ0) is 19.8. The van der Waals surface area contributed by atoms with E-state index in [0.717, 1.165) is 44.2 Å². The largest absolute Gasteiger partial charge is 0.497 e. The molecule has 0 aromatic heterocycles. The Morgan fingerprint density at radius 3 is 2.61 bits per heavy atom. The van der Waals surface area contributed by atoms with E-state index in [9.17, 15) is 0 Å². The molecule has 1 aliphatic rings. The first-order valence-electron chi connectivity index (χ1n) is 9.92. The van der Waals surface area contributed by atoms with Gasteiger partial charge in [0, 0.05) is 39.7 Å². The van der Waals surface area contributed by atoms with Gasteiger partial charge >= 0.3 is 0 Å². The summed E-state index contributed by atoms with van der Waals surface area (Å²) in [6.45, 7) is 2.47. The van der Waals surface area contributed by atoms with Crippen molar-refractivity contribution in [3.05, 3.63) is 65.7 Å². The Labute approximate surface area is 168 Å². The van der Waals surface area contributed by atoms with Crippen LogP contribution in [-0.4, -0.2) is 45.2 Å². The summed E-state index contributed by atoms with van der Waals surface area (Å²) in [5.74, 6) is 2.20. The summed E-state index contributed by atoms with van der Waals surface area (Å²) >= 11 is 0. The molecule has 2 aromatic rings. The van der Waals surface area contributed by atoms with Crippen LogP contribution >= 0.6 is 0 Å². The van der Waals surface area contributed by atoms with E-state index in [1.165, 1.54) is 11.1 Å². The molecule has 0 saturated carbocycles. The van der Waals surface area contributed by atoms with E-state index in [4.69, 9.17) is 9.47 Å². The highest BCUT2D eigenvalue weighted by atomic mass is 16.5. The first-order chi connectivity index (χ1) is 13.7. The molecule has 28 heavy (non-hydrogen) atoms. The maximum atomic E-state index is 6.12. The topological polar surface area (TPSA) is 46.1 Å². The first-order valence-corrected chi connectivity index (χ1v) is 9.92. The lowest BCUT2D eigenvalue weighted by atomic mass is 9.89. The van der Waals surface area contributed by atoms with Crippen molar-refractivity contribution in [3.8, 4) is 5.75 Å². The van der Waals surface area contributed by atoms with Crippen molar-refractivity contribution in [2.75, 3.05) is 34.4 Å². The van der Waals surface area contributed by atoms with Crippen LogP contribution in [0.1, 0.15) is 30.1 Å². The standard InChI is InChI=1S/C23H31N3O2/c1-24-23(26(2)17-18-11-13-21(27-3)14-12-18)25-16-20-10-7-15-28-22(20)19-8-5-4-6-9-19/h4-6,8-9,11-14,20,22H,7,10,15-17H2,1-3H3,(H,24,25). The number of rotatable bonds is 6. The van der Waals surface area contributed by atoms with Crippen molar-refractivity contribution >= 4 is 5.96 Å². The van der Waals surface area contributed by atoms with Crippen molar-refractivity contribution in [3.63, 3.8) is 0 Å². The third-order valence-corrected chi connectivity index (χ3v) is 5.25. The molecule has 2 atom stereocenters. The number of guanidine groups is 1. The SMILES string of the molecule is CN=C(NCC1CCCOC1c1ccccc1)N(C)Cc1ccc(OC)cc1. The van der Waals surface area contributed by atoms with Gasteiger partial charge < -0.3 is 19.7 Å². The summed E-state index contributed by atoms with van der Waals surface area (Å²) < 4.78 is 11.3. The van der Waals surface area contributed by atoms with Crippen molar-refractivity contribution in [1.82, 2.24) is 10.2 Å². The number of nitrogens with one attached hydrogen (secondary N) is 1. The molecule has 1 aliphatic heterocycles. The fourth-order valence-electron chi connectivity index (χ4n) is 3.75. The van der Waals surface area contributed by atoms with E-state index in [1.807, 2.05) is 19.2 Å². The van der Waals surface area contributed by atoms with Gasteiger partial charge in [-0.2, -0.15) is 0 Å².